The third kappa shape index (κ3) is 3.17. The lowest BCUT2D eigenvalue weighted by Gasteiger charge is -2.14. The third-order valence-electron chi connectivity index (χ3n) is 2.96. The minimum atomic E-state index is -4.52. The molecule has 1 saturated heterocycles. The van der Waals surface area contributed by atoms with Crippen molar-refractivity contribution in [2.75, 3.05) is 11.9 Å². The maximum absolute atomic E-state index is 12.5. The highest BCUT2D eigenvalue weighted by atomic mass is 19.4. The first-order chi connectivity index (χ1) is 8.88. The summed E-state index contributed by atoms with van der Waals surface area (Å²) in [5.74, 6) is -0.827. The van der Waals surface area contributed by atoms with Gasteiger partial charge in [-0.2, -0.15) is 13.2 Å². The van der Waals surface area contributed by atoms with E-state index in [1.54, 1.807) is 0 Å². The molecule has 0 bridgehead atoms. The number of carbonyl (C=O) groups is 1. The molecule has 4 nitrogen and oxygen atoms in total. The van der Waals surface area contributed by atoms with Crippen LogP contribution < -0.4 is 10.6 Å². The lowest BCUT2D eigenvalue weighted by atomic mass is 10.1. The topological polar surface area (TPSA) is 61.4 Å². The van der Waals surface area contributed by atoms with Gasteiger partial charge in [0.25, 0.3) is 0 Å². The maximum atomic E-state index is 12.5. The summed E-state index contributed by atoms with van der Waals surface area (Å²) in [5.41, 5.74) is -1.14. The minimum absolute atomic E-state index is 0.228. The number of aromatic hydroxyl groups is 1. The quantitative estimate of drug-likeness (QED) is 0.724. The van der Waals surface area contributed by atoms with Gasteiger partial charge in [-0.15, -0.1) is 0 Å². The molecule has 1 amide bonds. The highest BCUT2D eigenvalue weighted by Gasteiger charge is 2.31. The molecular formula is C12H13F3N2O2. The van der Waals surface area contributed by atoms with Crippen LogP contribution in [-0.4, -0.2) is 23.6 Å². The molecule has 104 valence electrons. The van der Waals surface area contributed by atoms with E-state index in [2.05, 4.69) is 10.6 Å². The molecule has 3 N–H and O–H groups in total. The zero-order valence-electron chi connectivity index (χ0n) is 9.92. The molecule has 1 aromatic rings. The molecule has 1 aliphatic heterocycles. The lowest BCUT2D eigenvalue weighted by Crippen LogP contribution is -2.35. The lowest BCUT2D eigenvalue weighted by molar-refractivity contribution is -0.137. The van der Waals surface area contributed by atoms with Crippen LogP contribution in [0.3, 0.4) is 0 Å². The van der Waals surface area contributed by atoms with Crippen molar-refractivity contribution in [2.45, 2.75) is 25.1 Å². The van der Waals surface area contributed by atoms with Gasteiger partial charge in [0, 0.05) is 0 Å². The van der Waals surface area contributed by atoms with Gasteiger partial charge in [0.15, 0.2) is 0 Å². The van der Waals surface area contributed by atoms with Gasteiger partial charge >= 0.3 is 6.18 Å². The molecule has 0 radical (unpaired) electrons. The second-order valence-electron chi connectivity index (χ2n) is 4.37. The van der Waals surface area contributed by atoms with Crippen molar-refractivity contribution >= 4 is 11.6 Å². The van der Waals surface area contributed by atoms with Gasteiger partial charge in [0.2, 0.25) is 5.91 Å². The fourth-order valence-corrected chi connectivity index (χ4v) is 1.94. The number of carbonyl (C=O) groups excluding carboxylic acids is 1. The number of alkyl halides is 3. The Hall–Kier alpha value is -1.76. The van der Waals surface area contributed by atoms with Crippen LogP contribution in [0.2, 0.25) is 0 Å². The normalized spacial score (nSPS) is 19.4. The van der Waals surface area contributed by atoms with E-state index in [4.69, 9.17) is 0 Å². The van der Waals surface area contributed by atoms with E-state index in [-0.39, 0.29) is 11.4 Å². The van der Waals surface area contributed by atoms with E-state index < -0.39 is 23.7 Å². The maximum Gasteiger partial charge on any atom is 0.416 e. The Kier molecular flexibility index (Phi) is 3.66. The first kappa shape index (κ1) is 13.7. The van der Waals surface area contributed by atoms with Crippen molar-refractivity contribution in [1.82, 2.24) is 5.32 Å². The van der Waals surface area contributed by atoms with E-state index in [0.29, 0.717) is 13.0 Å². The fourth-order valence-electron chi connectivity index (χ4n) is 1.94. The second-order valence-corrected chi connectivity index (χ2v) is 4.37. The Labute approximate surface area is 107 Å². The number of hydrogen-bond donors (Lipinski definition) is 3. The number of rotatable bonds is 2. The summed E-state index contributed by atoms with van der Waals surface area (Å²) in [6.07, 6.45) is -3.04. The van der Waals surface area contributed by atoms with E-state index in [9.17, 15) is 23.1 Å². The predicted octanol–water partition coefficient (Wildman–Crippen LogP) is 2.10. The first-order valence-electron chi connectivity index (χ1n) is 5.82. The average Bonchev–Trinajstić information content (AvgIpc) is 2.84. The van der Waals surface area contributed by atoms with Crippen LogP contribution in [-0.2, 0) is 11.0 Å². The van der Waals surface area contributed by atoms with Crippen molar-refractivity contribution in [1.29, 1.82) is 0 Å². The summed E-state index contributed by atoms with van der Waals surface area (Å²) >= 11 is 0. The summed E-state index contributed by atoms with van der Waals surface area (Å²) in [6.45, 7) is 0.701. The second kappa shape index (κ2) is 5.08. The molecule has 1 aromatic carbocycles. The molecule has 0 aliphatic carbocycles. The van der Waals surface area contributed by atoms with Gasteiger partial charge < -0.3 is 15.7 Å². The van der Waals surface area contributed by atoms with Crippen LogP contribution in [0.5, 0.6) is 5.75 Å². The number of amides is 1. The number of nitrogens with one attached hydrogen (secondary N) is 2. The molecule has 7 heteroatoms. The number of hydrogen-bond acceptors (Lipinski definition) is 3. The van der Waals surface area contributed by atoms with Gasteiger partial charge in [0.1, 0.15) is 5.75 Å². The van der Waals surface area contributed by atoms with Crippen LogP contribution in [0.4, 0.5) is 18.9 Å². The molecule has 2 rings (SSSR count). The van der Waals surface area contributed by atoms with Crippen LogP contribution >= 0.6 is 0 Å². The Bertz CT molecular complexity index is 482. The van der Waals surface area contributed by atoms with E-state index in [1.807, 2.05) is 0 Å². The first-order valence-corrected chi connectivity index (χ1v) is 5.82. The number of phenolic OH excluding ortho intramolecular Hbond substituents is 1. The molecule has 1 atom stereocenters. The van der Waals surface area contributed by atoms with Crippen molar-refractivity contribution in [2.24, 2.45) is 0 Å². The van der Waals surface area contributed by atoms with Crippen LogP contribution in [0.25, 0.3) is 0 Å². The van der Waals surface area contributed by atoms with Crippen LogP contribution in [0, 0.1) is 0 Å². The average molecular weight is 274 g/mol. The Morgan fingerprint density at radius 1 is 1.42 bits per heavy atom. The largest absolute Gasteiger partial charge is 0.506 e. The summed E-state index contributed by atoms with van der Waals surface area (Å²) in [6, 6.07) is 1.98. The van der Waals surface area contributed by atoms with Crippen molar-refractivity contribution in [3.8, 4) is 5.75 Å². The van der Waals surface area contributed by atoms with E-state index in [0.717, 1.165) is 24.6 Å². The number of benzene rings is 1. The highest BCUT2D eigenvalue weighted by Crippen LogP contribution is 2.34. The van der Waals surface area contributed by atoms with Crippen molar-refractivity contribution in [3.63, 3.8) is 0 Å². The monoisotopic (exact) mass is 274 g/mol. The van der Waals surface area contributed by atoms with Crippen LogP contribution in [0.1, 0.15) is 18.4 Å². The molecule has 0 spiro atoms. The molecule has 1 fully saturated rings. The summed E-state index contributed by atoms with van der Waals surface area (Å²) in [7, 11) is 0. The molecular weight excluding hydrogens is 261 g/mol. The van der Waals surface area contributed by atoms with Gasteiger partial charge in [-0.05, 0) is 37.6 Å². The standard InChI is InChI=1S/C12H13F3N2O2/c13-12(14,15)7-3-4-10(18)9(6-7)17-11(19)8-2-1-5-16-8/h3-4,6,8,16,18H,1-2,5H2,(H,17,19)/t8-/m1/s1. The third-order valence-corrected chi connectivity index (χ3v) is 2.96. The van der Waals surface area contributed by atoms with Crippen LogP contribution in [0.15, 0.2) is 18.2 Å². The molecule has 0 aromatic heterocycles. The van der Waals surface area contributed by atoms with Gasteiger partial charge in [-0.1, -0.05) is 0 Å². The highest BCUT2D eigenvalue weighted by molar-refractivity contribution is 5.96. The zero-order valence-corrected chi connectivity index (χ0v) is 9.92. The smallest absolute Gasteiger partial charge is 0.416 e. The molecule has 1 aliphatic rings. The van der Waals surface area contributed by atoms with E-state index >= 15 is 0 Å². The van der Waals surface area contributed by atoms with Crippen molar-refractivity contribution < 1.29 is 23.1 Å². The van der Waals surface area contributed by atoms with Gasteiger partial charge in [-0.25, -0.2) is 0 Å². The number of anilines is 1. The van der Waals surface area contributed by atoms with Gasteiger partial charge in [0.05, 0.1) is 17.3 Å². The molecule has 1 heterocycles. The summed E-state index contributed by atoms with van der Waals surface area (Å²) in [4.78, 5) is 11.8. The summed E-state index contributed by atoms with van der Waals surface area (Å²) < 4.78 is 37.6. The Morgan fingerprint density at radius 2 is 2.16 bits per heavy atom. The summed E-state index contributed by atoms with van der Waals surface area (Å²) in [5, 5.41) is 14.7. The molecule has 0 saturated carbocycles. The molecule has 19 heavy (non-hydrogen) atoms. The zero-order chi connectivity index (χ0) is 14.0. The van der Waals surface area contributed by atoms with Crippen molar-refractivity contribution in [3.05, 3.63) is 23.8 Å². The minimum Gasteiger partial charge on any atom is -0.506 e. The SMILES string of the molecule is O=C(Nc1cc(C(F)(F)F)ccc1O)[C@H]1CCCN1. The van der Waals surface area contributed by atoms with Gasteiger partial charge in [-0.3, -0.25) is 4.79 Å². The fraction of sp³-hybridized carbons (Fsp3) is 0.417. The Balaban J connectivity index is 2.17. The molecule has 0 unspecified atom stereocenters. The van der Waals surface area contributed by atoms with E-state index in [1.165, 1.54) is 0 Å². The Morgan fingerprint density at radius 3 is 2.74 bits per heavy atom. The number of phenols is 1. The predicted molar refractivity (Wildman–Crippen MR) is 62.8 cm³/mol. The number of halogens is 3.